The number of hydrazone groups is 1. The lowest BCUT2D eigenvalue weighted by Gasteiger charge is -2.21. The molecule has 0 bridgehead atoms. The first-order valence-electron chi connectivity index (χ1n) is 10.6. The number of amides is 2. The molecule has 0 aliphatic carbocycles. The van der Waals surface area contributed by atoms with E-state index in [2.05, 4.69) is 5.10 Å². The Kier molecular flexibility index (Phi) is 6.90. The van der Waals surface area contributed by atoms with Crippen LogP contribution in [0, 0.1) is 0 Å². The van der Waals surface area contributed by atoms with E-state index >= 15 is 0 Å². The molecule has 4 rings (SSSR count). The SMILES string of the molecule is O=C(CN1CCCCCC1=O)OCC(=O)N1N=C(c2ccc(Cl)cc2)CC1c1ccco1. The lowest BCUT2D eigenvalue weighted by Crippen LogP contribution is -2.37. The van der Waals surface area contributed by atoms with Crippen LogP contribution >= 0.6 is 11.6 Å². The molecule has 1 fully saturated rings. The first kappa shape index (κ1) is 22.1. The molecule has 1 aromatic heterocycles. The fourth-order valence-electron chi connectivity index (χ4n) is 3.88. The van der Waals surface area contributed by atoms with Crippen molar-refractivity contribution < 1.29 is 23.5 Å². The summed E-state index contributed by atoms with van der Waals surface area (Å²) in [6, 6.07) is 10.3. The third kappa shape index (κ3) is 5.19. The van der Waals surface area contributed by atoms with Crippen LogP contribution in [-0.2, 0) is 19.1 Å². The molecule has 1 unspecified atom stereocenters. The van der Waals surface area contributed by atoms with E-state index in [1.54, 1.807) is 24.3 Å². The third-order valence-electron chi connectivity index (χ3n) is 5.56. The minimum atomic E-state index is -0.607. The van der Waals surface area contributed by atoms with E-state index in [9.17, 15) is 14.4 Å². The standard InChI is InChI=1S/C23H24ClN3O5/c24-17-9-7-16(8-10-17)18-13-19(20-5-4-12-31-20)27(25-18)22(29)15-32-23(30)14-26-11-3-1-2-6-21(26)28/h4-5,7-10,12,19H,1-3,6,11,13-15H2. The van der Waals surface area contributed by atoms with Gasteiger partial charge < -0.3 is 14.1 Å². The second-order valence-corrected chi connectivity index (χ2v) is 8.25. The van der Waals surface area contributed by atoms with Crippen molar-refractivity contribution >= 4 is 35.1 Å². The van der Waals surface area contributed by atoms with Crippen molar-refractivity contribution in [1.82, 2.24) is 9.91 Å². The number of benzene rings is 1. The number of nitrogens with zero attached hydrogens (tertiary/aromatic N) is 3. The molecule has 2 aliphatic heterocycles. The Morgan fingerprint density at radius 3 is 2.72 bits per heavy atom. The average molecular weight is 458 g/mol. The molecule has 0 saturated carbocycles. The zero-order valence-corrected chi connectivity index (χ0v) is 18.3. The maximum absolute atomic E-state index is 12.9. The number of hydrogen-bond acceptors (Lipinski definition) is 6. The number of hydrogen-bond donors (Lipinski definition) is 0. The highest BCUT2D eigenvalue weighted by Crippen LogP contribution is 2.33. The van der Waals surface area contributed by atoms with E-state index in [1.165, 1.54) is 16.2 Å². The number of rotatable bonds is 6. The van der Waals surface area contributed by atoms with Gasteiger partial charge in [0.25, 0.3) is 5.91 Å². The van der Waals surface area contributed by atoms with Crippen LogP contribution < -0.4 is 0 Å². The molecular weight excluding hydrogens is 434 g/mol. The number of halogens is 1. The normalized spacial score (nSPS) is 19.0. The quantitative estimate of drug-likeness (QED) is 0.618. The summed E-state index contributed by atoms with van der Waals surface area (Å²) in [5.41, 5.74) is 1.55. The Morgan fingerprint density at radius 2 is 1.97 bits per heavy atom. The molecule has 1 atom stereocenters. The van der Waals surface area contributed by atoms with Gasteiger partial charge in [-0.3, -0.25) is 14.4 Å². The first-order chi connectivity index (χ1) is 15.5. The van der Waals surface area contributed by atoms with Crippen molar-refractivity contribution in [2.75, 3.05) is 19.7 Å². The topological polar surface area (TPSA) is 92.4 Å². The monoisotopic (exact) mass is 457 g/mol. The van der Waals surface area contributed by atoms with Gasteiger partial charge in [0.2, 0.25) is 5.91 Å². The summed E-state index contributed by atoms with van der Waals surface area (Å²) >= 11 is 5.97. The predicted octanol–water partition coefficient (Wildman–Crippen LogP) is 3.56. The summed E-state index contributed by atoms with van der Waals surface area (Å²) in [6.45, 7) is -0.0776. The van der Waals surface area contributed by atoms with Crippen molar-refractivity contribution in [3.05, 3.63) is 59.0 Å². The van der Waals surface area contributed by atoms with Crippen molar-refractivity contribution in [1.29, 1.82) is 0 Å². The Balaban J connectivity index is 1.42. The summed E-state index contributed by atoms with van der Waals surface area (Å²) in [4.78, 5) is 38.7. The predicted molar refractivity (Wildman–Crippen MR) is 117 cm³/mol. The van der Waals surface area contributed by atoms with Gasteiger partial charge in [-0.05, 0) is 42.7 Å². The van der Waals surface area contributed by atoms with E-state index < -0.39 is 24.5 Å². The van der Waals surface area contributed by atoms with Crippen LogP contribution in [0.1, 0.15) is 49.5 Å². The van der Waals surface area contributed by atoms with Crippen molar-refractivity contribution in [3.63, 3.8) is 0 Å². The van der Waals surface area contributed by atoms with E-state index in [0.29, 0.717) is 35.9 Å². The summed E-state index contributed by atoms with van der Waals surface area (Å²) in [6.07, 6.45) is 5.09. The average Bonchev–Trinajstić information content (AvgIpc) is 3.43. The highest BCUT2D eigenvalue weighted by molar-refractivity contribution is 6.30. The number of furan rings is 1. The van der Waals surface area contributed by atoms with Crippen LogP contribution in [0.25, 0.3) is 0 Å². The lowest BCUT2D eigenvalue weighted by molar-refractivity contribution is -0.155. The Labute approximate surface area is 190 Å². The van der Waals surface area contributed by atoms with Gasteiger partial charge in [0.05, 0.1) is 12.0 Å². The second-order valence-electron chi connectivity index (χ2n) is 7.81. The van der Waals surface area contributed by atoms with Gasteiger partial charge in [0, 0.05) is 24.4 Å². The molecule has 32 heavy (non-hydrogen) atoms. The summed E-state index contributed by atoms with van der Waals surface area (Å²) in [5.74, 6) is -0.539. The molecule has 0 spiro atoms. The highest BCUT2D eigenvalue weighted by Gasteiger charge is 2.35. The largest absolute Gasteiger partial charge is 0.467 e. The van der Waals surface area contributed by atoms with E-state index in [1.807, 2.05) is 12.1 Å². The highest BCUT2D eigenvalue weighted by atomic mass is 35.5. The zero-order chi connectivity index (χ0) is 22.5. The fraction of sp³-hybridized carbons (Fsp3) is 0.391. The number of carbonyl (C=O) groups excluding carboxylic acids is 3. The molecule has 1 aromatic carbocycles. The molecule has 2 aromatic rings. The molecule has 2 aliphatic rings. The fourth-order valence-corrected chi connectivity index (χ4v) is 4.00. The Bertz CT molecular complexity index is 1000. The minimum absolute atomic E-state index is 0.0552. The van der Waals surface area contributed by atoms with E-state index in [-0.39, 0.29) is 12.5 Å². The minimum Gasteiger partial charge on any atom is -0.467 e. The molecule has 9 heteroatoms. The molecule has 8 nitrogen and oxygen atoms in total. The van der Waals surface area contributed by atoms with Crippen LogP contribution in [0.5, 0.6) is 0 Å². The molecule has 168 valence electrons. The maximum atomic E-state index is 12.9. The zero-order valence-electron chi connectivity index (χ0n) is 17.5. The first-order valence-corrected chi connectivity index (χ1v) is 11.0. The van der Waals surface area contributed by atoms with Gasteiger partial charge in [-0.15, -0.1) is 0 Å². The van der Waals surface area contributed by atoms with Crippen LogP contribution in [0.15, 0.2) is 52.2 Å². The van der Waals surface area contributed by atoms with Crippen molar-refractivity contribution in [2.24, 2.45) is 5.10 Å². The van der Waals surface area contributed by atoms with Crippen LogP contribution in [0.2, 0.25) is 5.02 Å². The third-order valence-corrected chi connectivity index (χ3v) is 5.81. The molecular formula is C23H24ClN3O5. The van der Waals surface area contributed by atoms with Crippen LogP contribution in [-0.4, -0.2) is 53.1 Å². The van der Waals surface area contributed by atoms with Crippen LogP contribution in [0.4, 0.5) is 0 Å². The molecule has 3 heterocycles. The van der Waals surface area contributed by atoms with Crippen LogP contribution in [0.3, 0.4) is 0 Å². The molecule has 0 radical (unpaired) electrons. The van der Waals surface area contributed by atoms with Gasteiger partial charge >= 0.3 is 5.97 Å². The number of carbonyl (C=O) groups is 3. The van der Waals surface area contributed by atoms with Gasteiger partial charge in [-0.2, -0.15) is 5.10 Å². The number of likely N-dealkylation sites (tertiary alicyclic amines) is 1. The second kappa shape index (κ2) is 9.99. The Morgan fingerprint density at radius 1 is 1.16 bits per heavy atom. The van der Waals surface area contributed by atoms with Crippen molar-refractivity contribution in [3.8, 4) is 0 Å². The lowest BCUT2D eigenvalue weighted by atomic mass is 10.0. The number of esters is 1. The summed E-state index contributed by atoms with van der Waals surface area (Å²) in [7, 11) is 0. The van der Waals surface area contributed by atoms with E-state index in [4.69, 9.17) is 20.8 Å². The van der Waals surface area contributed by atoms with Crippen molar-refractivity contribution in [2.45, 2.75) is 38.1 Å². The molecule has 0 N–H and O–H groups in total. The summed E-state index contributed by atoms with van der Waals surface area (Å²) in [5, 5.41) is 6.39. The maximum Gasteiger partial charge on any atom is 0.326 e. The van der Waals surface area contributed by atoms with Gasteiger partial charge in [0.1, 0.15) is 18.3 Å². The Hall–Kier alpha value is -3.13. The summed E-state index contributed by atoms with van der Waals surface area (Å²) < 4.78 is 10.7. The van der Waals surface area contributed by atoms with E-state index in [0.717, 1.165) is 24.8 Å². The van der Waals surface area contributed by atoms with Gasteiger partial charge in [0.15, 0.2) is 6.61 Å². The number of ether oxygens (including phenoxy) is 1. The molecule has 2 amide bonds. The molecule has 1 saturated heterocycles. The van der Waals surface area contributed by atoms with Gasteiger partial charge in [-0.1, -0.05) is 30.2 Å². The van der Waals surface area contributed by atoms with Gasteiger partial charge in [-0.25, -0.2) is 5.01 Å². The smallest absolute Gasteiger partial charge is 0.326 e.